The fraction of sp³-hybridized carbons (Fsp3) is 0.143. The Balaban J connectivity index is 1.59. The third-order valence-corrected chi connectivity index (χ3v) is 8.13. The molecule has 0 radical (unpaired) electrons. The minimum atomic E-state index is -3.71. The lowest BCUT2D eigenvalue weighted by Gasteiger charge is -2.28. The summed E-state index contributed by atoms with van der Waals surface area (Å²) in [6.07, 6.45) is 0.577. The van der Waals surface area contributed by atoms with Crippen LogP contribution in [0.1, 0.15) is 11.1 Å². The van der Waals surface area contributed by atoms with Crippen molar-refractivity contribution >= 4 is 25.7 Å². The van der Waals surface area contributed by atoms with E-state index in [1.807, 2.05) is 6.07 Å². The van der Waals surface area contributed by atoms with E-state index in [1.165, 1.54) is 16.4 Å². The van der Waals surface area contributed by atoms with E-state index in [0.717, 1.165) is 11.1 Å². The lowest BCUT2D eigenvalue weighted by atomic mass is 10.0. The minimum Gasteiger partial charge on any atom is -0.280 e. The molecule has 0 aliphatic carbocycles. The molecule has 0 spiro atoms. The van der Waals surface area contributed by atoms with Crippen LogP contribution in [0.2, 0.25) is 0 Å². The number of nitrogens with one attached hydrogen (secondary N) is 1. The number of rotatable bonds is 5. The highest BCUT2D eigenvalue weighted by molar-refractivity contribution is 7.92. The number of anilines is 1. The van der Waals surface area contributed by atoms with Crippen molar-refractivity contribution in [3.8, 4) is 0 Å². The highest BCUT2D eigenvalue weighted by Gasteiger charge is 2.28. The SMILES string of the molecule is O=S(=O)(Nc1ccc2c(c1)CN(S(=O)(=O)c1ccccc1)CC2)c1ccccc1. The van der Waals surface area contributed by atoms with Gasteiger partial charge in [-0.2, -0.15) is 4.31 Å². The number of sulfonamides is 2. The summed E-state index contributed by atoms with van der Waals surface area (Å²) < 4.78 is 54.9. The Bertz CT molecular complexity index is 1230. The van der Waals surface area contributed by atoms with Crippen LogP contribution in [0.4, 0.5) is 5.69 Å². The normalized spacial score (nSPS) is 14.9. The Morgan fingerprint density at radius 2 is 1.34 bits per heavy atom. The summed E-state index contributed by atoms with van der Waals surface area (Å²) >= 11 is 0. The van der Waals surface area contributed by atoms with Gasteiger partial charge < -0.3 is 0 Å². The molecule has 1 N–H and O–H groups in total. The number of hydrogen-bond donors (Lipinski definition) is 1. The summed E-state index contributed by atoms with van der Waals surface area (Å²) in [7, 11) is -7.31. The van der Waals surface area contributed by atoms with Gasteiger partial charge in [-0.25, -0.2) is 16.8 Å². The van der Waals surface area contributed by atoms with E-state index in [2.05, 4.69) is 4.72 Å². The van der Waals surface area contributed by atoms with Gasteiger partial charge in [0.2, 0.25) is 10.0 Å². The van der Waals surface area contributed by atoms with Gasteiger partial charge in [0.25, 0.3) is 10.0 Å². The topological polar surface area (TPSA) is 83.6 Å². The lowest BCUT2D eigenvalue weighted by molar-refractivity contribution is 0.391. The van der Waals surface area contributed by atoms with Crippen molar-refractivity contribution in [2.24, 2.45) is 0 Å². The van der Waals surface area contributed by atoms with Crippen molar-refractivity contribution in [2.45, 2.75) is 22.8 Å². The van der Waals surface area contributed by atoms with Crippen LogP contribution in [-0.2, 0) is 33.0 Å². The van der Waals surface area contributed by atoms with Crippen molar-refractivity contribution in [1.82, 2.24) is 4.31 Å². The third-order valence-electron chi connectivity index (χ3n) is 4.87. The van der Waals surface area contributed by atoms with Crippen molar-refractivity contribution in [2.75, 3.05) is 11.3 Å². The molecule has 0 bridgehead atoms. The van der Waals surface area contributed by atoms with Crippen LogP contribution in [0.25, 0.3) is 0 Å². The highest BCUT2D eigenvalue weighted by atomic mass is 32.2. The first-order valence-corrected chi connectivity index (χ1v) is 12.0. The molecule has 3 aromatic rings. The molecule has 3 aromatic carbocycles. The smallest absolute Gasteiger partial charge is 0.261 e. The molecule has 0 amide bonds. The lowest BCUT2D eigenvalue weighted by Crippen LogP contribution is -2.36. The first kappa shape index (κ1) is 19.6. The van der Waals surface area contributed by atoms with Crippen molar-refractivity contribution < 1.29 is 16.8 Å². The first-order chi connectivity index (χ1) is 13.9. The van der Waals surface area contributed by atoms with E-state index in [1.54, 1.807) is 60.7 Å². The van der Waals surface area contributed by atoms with Crippen molar-refractivity contribution in [1.29, 1.82) is 0 Å². The molecule has 0 atom stereocenters. The molecule has 8 heteroatoms. The van der Waals surface area contributed by atoms with Gasteiger partial charge in [-0.05, 0) is 53.9 Å². The van der Waals surface area contributed by atoms with Crippen LogP contribution in [0, 0.1) is 0 Å². The van der Waals surface area contributed by atoms with E-state index >= 15 is 0 Å². The number of benzene rings is 3. The van der Waals surface area contributed by atoms with Gasteiger partial charge in [0.05, 0.1) is 9.79 Å². The van der Waals surface area contributed by atoms with Gasteiger partial charge in [0, 0.05) is 18.8 Å². The van der Waals surface area contributed by atoms with Crippen LogP contribution >= 0.6 is 0 Å². The zero-order chi connectivity index (χ0) is 20.5. The predicted molar refractivity (Wildman–Crippen MR) is 111 cm³/mol. The number of hydrogen-bond acceptors (Lipinski definition) is 4. The molecule has 0 fully saturated rings. The molecule has 0 saturated heterocycles. The zero-order valence-corrected chi connectivity index (χ0v) is 17.2. The van der Waals surface area contributed by atoms with E-state index in [-0.39, 0.29) is 16.3 Å². The zero-order valence-electron chi connectivity index (χ0n) is 15.5. The Hall–Kier alpha value is -2.68. The standard InChI is InChI=1S/C21H20N2O4S2/c24-28(25,20-7-3-1-4-8-20)22-19-12-11-17-13-14-23(16-18(17)15-19)29(26,27)21-9-5-2-6-10-21/h1-12,15,22H,13-14,16H2. The van der Waals surface area contributed by atoms with Gasteiger partial charge in [0.15, 0.2) is 0 Å². The van der Waals surface area contributed by atoms with Crippen molar-refractivity contribution in [3.05, 3.63) is 90.0 Å². The van der Waals surface area contributed by atoms with E-state index < -0.39 is 20.0 Å². The number of nitrogens with zero attached hydrogens (tertiary/aromatic N) is 1. The maximum absolute atomic E-state index is 12.9. The highest BCUT2D eigenvalue weighted by Crippen LogP contribution is 2.28. The molecule has 6 nitrogen and oxygen atoms in total. The minimum absolute atomic E-state index is 0.172. The Morgan fingerprint density at radius 1 is 0.724 bits per heavy atom. The Kier molecular flexibility index (Phi) is 5.16. The summed E-state index contributed by atoms with van der Waals surface area (Å²) in [6.45, 7) is 0.590. The van der Waals surface area contributed by atoms with Crippen LogP contribution in [0.15, 0.2) is 88.7 Å². The summed E-state index contributed by atoms with van der Waals surface area (Å²) in [5.41, 5.74) is 2.22. The van der Waals surface area contributed by atoms with Crippen LogP contribution in [-0.4, -0.2) is 27.7 Å². The fourth-order valence-corrected chi connectivity index (χ4v) is 5.87. The Morgan fingerprint density at radius 3 is 2.00 bits per heavy atom. The molecule has 29 heavy (non-hydrogen) atoms. The second-order valence-corrected chi connectivity index (χ2v) is 10.4. The van der Waals surface area contributed by atoms with E-state index in [0.29, 0.717) is 18.7 Å². The summed E-state index contributed by atoms with van der Waals surface area (Å²) in [4.78, 5) is 0.426. The van der Waals surface area contributed by atoms with Gasteiger partial charge in [-0.15, -0.1) is 0 Å². The number of fused-ring (bicyclic) bond motifs is 1. The molecule has 0 unspecified atom stereocenters. The summed E-state index contributed by atoms with van der Waals surface area (Å²) in [5.74, 6) is 0. The molecule has 1 heterocycles. The second kappa shape index (κ2) is 7.62. The predicted octanol–water partition coefficient (Wildman–Crippen LogP) is 3.23. The maximum atomic E-state index is 12.9. The summed E-state index contributed by atoms with van der Waals surface area (Å²) in [6, 6.07) is 21.7. The second-order valence-electron chi connectivity index (χ2n) is 6.80. The van der Waals surface area contributed by atoms with Gasteiger partial charge in [0.1, 0.15) is 0 Å². The van der Waals surface area contributed by atoms with Crippen LogP contribution < -0.4 is 4.72 Å². The molecule has 150 valence electrons. The molecule has 0 saturated carbocycles. The molecule has 4 rings (SSSR count). The fourth-order valence-electron chi connectivity index (χ4n) is 3.36. The van der Waals surface area contributed by atoms with Gasteiger partial charge in [-0.1, -0.05) is 42.5 Å². The average molecular weight is 429 g/mol. The largest absolute Gasteiger partial charge is 0.280 e. The quantitative estimate of drug-likeness (QED) is 0.676. The molecule has 1 aliphatic heterocycles. The van der Waals surface area contributed by atoms with Gasteiger partial charge in [-0.3, -0.25) is 4.72 Å². The Labute approximate surface area is 170 Å². The van der Waals surface area contributed by atoms with Crippen LogP contribution in [0.3, 0.4) is 0 Å². The maximum Gasteiger partial charge on any atom is 0.261 e. The van der Waals surface area contributed by atoms with Gasteiger partial charge >= 0.3 is 0 Å². The molecular formula is C21H20N2O4S2. The summed E-state index contributed by atoms with van der Waals surface area (Å²) in [5, 5.41) is 0. The van der Waals surface area contributed by atoms with Crippen LogP contribution in [0.5, 0.6) is 0 Å². The molecule has 0 aromatic heterocycles. The average Bonchev–Trinajstić information content (AvgIpc) is 2.74. The molecule has 1 aliphatic rings. The van der Waals surface area contributed by atoms with Crippen molar-refractivity contribution in [3.63, 3.8) is 0 Å². The monoisotopic (exact) mass is 428 g/mol. The van der Waals surface area contributed by atoms with E-state index in [4.69, 9.17) is 0 Å². The van der Waals surface area contributed by atoms with E-state index in [9.17, 15) is 16.8 Å². The first-order valence-electron chi connectivity index (χ1n) is 9.11. The molecular weight excluding hydrogens is 408 g/mol. The third kappa shape index (κ3) is 4.05.